The molecule has 4 nitrogen and oxygen atoms in total. The van der Waals surface area contributed by atoms with Crippen LogP contribution in [0.3, 0.4) is 0 Å². The largest absolute Gasteiger partial charge is 0.351 e. The molecule has 0 saturated carbocycles. The highest BCUT2D eigenvalue weighted by molar-refractivity contribution is 5.91. The molecule has 1 amide bonds. The van der Waals surface area contributed by atoms with Gasteiger partial charge in [-0.1, -0.05) is 17.3 Å². The number of carbonyl (C=O) groups is 1. The Balaban J connectivity index is 2.05. The summed E-state index contributed by atoms with van der Waals surface area (Å²) in [5, 5.41) is 3.67. The van der Waals surface area contributed by atoms with Gasteiger partial charge in [-0.05, 0) is 24.6 Å². The SMILES string of the molecule is Cc1cc(C(=O)N(C)Cc2ccc(F)cc2)on1. The van der Waals surface area contributed by atoms with Gasteiger partial charge in [0.05, 0.1) is 5.69 Å². The second kappa shape index (κ2) is 5.00. The molecule has 18 heavy (non-hydrogen) atoms. The third kappa shape index (κ3) is 2.74. The Morgan fingerprint density at radius 3 is 2.61 bits per heavy atom. The molecule has 94 valence electrons. The van der Waals surface area contributed by atoms with Crippen LogP contribution >= 0.6 is 0 Å². The number of hydrogen-bond donors (Lipinski definition) is 0. The first-order valence-electron chi connectivity index (χ1n) is 5.49. The number of hydrogen-bond acceptors (Lipinski definition) is 3. The first-order chi connectivity index (χ1) is 8.56. The maximum Gasteiger partial charge on any atom is 0.292 e. The summed E-state index contributed by atoms with van der Waals surface area (Å²) < 4.78 is 17.6. The maximum atomic E-state index is 12.7. The minimum absolute atomic E-state index is 0.206. The summed E-state index contributed by atoms with van der Waals surface area (Å²) in [5.74, 6) is -0.337. The van der Waals surface area contributed by atoms with Crippen LogP contribution < -0.4 is 0 Å². The molecule has 0 aliphatic rings. The van der Waals surface area contributed by atoms with Crippen molar-refractivity contribution in [1.29, 1.82) is 0 Å². The van der Waals surface area contributed by atoms with Gasteiger partial charge in [0.25, 0.3) is 5.91 Å². The Labute approximate surface area is 104 Å². The third-order valence-electron chi connectivity index (χ3n) is 2.52. The van der Waals surface area contributed by atoms with Crippen molar-refractivity contribution in [2.75, 3.05) is 7.05 Å². The van der Waals surface area contributed by atoms with E-state index in [-0.39, 0.29) is 17.5 Å². The lowest BCUT2D eigenvalue weighted by molar-refractivity contribution is 0.0743. The Hall–Kier alpha value is -2.17. The number of aromatic nitrogens is 1. The van der Waals surface area contributed by atoms with Crippen molar-refractivity contribution in [1.82, 2.24) is 10.1 Å². The summed E-state index contributed by atoms with van der Waals surface area (Å²) >= 11 is 0. The summed E-state index contributed by atoms with van der Waals surface area (Å²) in [6.07, 6.45) is 0. The Bertz CT molecular complexity index is 548. The zero-order chi connectivity index (χ0) is 13.1. The normalized spacial score (nSPS) is 10.4. The van der Waals surface area contributed by atoms with Gasteiger partial charge in [-0.15, -0.1) is 0 Å². The molecule has 2 aromatic rings. The topological polar surface area (TPSA) is 46.3 Å². The van der Waals surface area contributed by atoms with Gasteiger partial charge in [-0.2, -0.15) is 0 Å². The molecule has 1 heterocycles. The lowest BCUT2D eigenvalue weighted by Crippen LogP contribution is -2.25. The van der Waals surface area contributed by atoms with Gasteiger partial charge in [0.2, 0.25) is 5.76 Å². The first-order valence-corrected chi connectivity index (χ1v) is 5.49. The predicted octanol–water partition coefficient (Wildman–Crippen LogP) is 2.39. The molecule has 2 rings (SSSR count). The van der Waals surface area contributed by atoms with Crippen molar-refractivity contribution in [2.24, 2.45) is 0 Å². The number of carbonyl (C=O) groups excluding carboxylic acids is 1. The molecule has 5 heteroatoms. The molecule has 0 bridgehead atoms. The molecule has 0 radical (unpaired) electrons. The maximum absolute atomic E-state index is 12.7. The van der Waals surface area contributed by atoms with Crippen LogP contribution in [0.25, 0.3) is 0 Å². The van der Waals surface area contributed by atoms with Gasteiger partial charge < -0.3 is 9.42 Å². The number of halogens is 1. The smallest absolute Gasteiger partial charge is 0.292 e. The molecule has 0 saturated heterocycles. The number of nitrogens with zero attached hydrogens (tertiary/aromatic N) is 2. The fraction of sp³-hybridized carbons (Fsp3) is 0.231. The zero-order valence-corrected chi connectivity index (χ0v) is 10.2. The standard InChI is InChI=1S/C13H13FN2O2/c1-9-7-12(18-15-9)13(17)16(2)8-10-3-5-11(14)6-4-10/h3-7H,8H2,1-2H3. The summed E-state index contributed by atoms with van der Waals surface area (Å²) in [6, 6.07) is 7.61. The number of rotatable bonds is 3. The van der Waals surface area contributed by atoms with Gasteiger partial charge in [-0.25, -0.2) is 4.39 Å². The summed E-state index contributed by atoms with van der Waals surface area (Å²) in [6.45, 7) is 2.14. The molecule has 0 spiro atoms. The molecular formula is C13H13FN2O2. The number of benzene rings is 1. The van der Waals surface area contributed by atoms with Crippen molar-refractivity contribution in [3.8, 4) is 0 Å². The molecule has 0 atom stereocenters. The number of aryl methyl sites for hydroxylation is 1. The van der Waals surface area contributed by atoms with E-state index in [0.29, 0.717) is 12.2 Å². The Morgan fingerprint density at radius 1 is 1.39 bits per heavy atom. The van der Waals surface area contributed by atoms with E-state index in [0.717, 1.165) is 5.56 Å². The average Bonchev–Trinajstić information content (AvgIpc) is 2.78. The second-order valence-electron chi connectivity index (χ2n) is 4.12. The van der Waals surface area contributed by atoms with Gasteiger partial charge in [0, 0.05) is 19.7 Å². The van der Waals surface area contributed by atoms with Gasteiger partial charge in [-0.3, -0.25) is 4.79 Å². The average molecular weight is 248 g/mol. The fourth-order valence-corrected chi connectivity index (χ4v) is 1.59. The van der Waals surface area contributed by atoms with Crippen molar-refractivity contribution >= 4 is 5.91 Å². The predicted molar refractivity (Wildman–Crippen MR) is 63.4 cm³/mol. The molecule has 1 aromatic carbocycles. The molecule has 0 aliphatic carbocycles. The van der Waals surface area contributed by atoms with Crippen molar-refractivity contribution in [2.45, 2.75) is 13.5 Å². The fourth-order valence-electron chi connectivity index (χ4n) is 1.59. The van der Waals surface area contributed by atoms with E-state index in [1.54, 1.807) is 32.2 Å². The van der Waals surface area contributed by atoms with Crippen LogP contribution in [0.2, 0.25) is 0 Å². The highest BCUT2D eigenvalue weighted by atomic mass is 19.1. The van der Waals surface area contributed by atoms with E-state index in [4.69, 9.17) is 4.52 Å². The van der Waals surface area contributed by atoms with E-state index in [9.17, 15) is 9.18 Å². The lowest BCUT2D eigenvalue weighted by Gasteiger charge is -2.15. The zero-order valence-electron chi connectivity index (χ0n) is 10.2. The monoisotopic (exact) mass is 248 g/mol. The molecule has 0 aliphatic heterocycles. The van der Waals surface area contributed by atoms with E-state index in [2.05, 4.69) is 5.16 Å². The molecule has 1 aromatic heterocycles. The highest BCUT2D eigenvalue weighted by Crippen LogP contribution is 2.10. The second-order valence-corrected chi connectivity index (χ2v) is 4.12. The van der Waals surface area contributed by atoms with E-state index in [1.165, 1.54) is 17.0 Å². The Morgan fingerprint density at radius 2 is 2.06 bits per heavy atom. The van der Waals surface area contributed by atoms with E-state index in [1.807, 2.05) is 0 Å². The highest BCUT2D eigenvalue weighted by Gasteiger charge is 2.16. The molecule has 0 N–H and O–H groups in total. The summed E-state index contributed by atoms with van der Waals surface area (Å²) in [5.41, 5.74) is 1.51. The first kappa shape index (κ1) is 12.3. The molecule has 0 unspecified atom stereocenters. The van der Waals surface area contributed by atoms with Crippen LogP contribution in [0.4, 0.5) is 4.39 Å². The van der Waals surface area contributed by atoms with Crippen LogP contribution in [-0.4, -0.2) is 23.0 Å². The summed E-state index contributed by atoms with van der Waals surface area (Å²) in [4.78, 5) is 13.4. The van der Waals surface area contributed by atoms with Crippen LogP contribution in [0.5, 0.6) is 0 Å². The minimum atomic E-state index is -0.293. The third-order valence-corrected chi connectivity index (χ3v) is 2.52. The van der Waals surface area contributed by atoms with Crippen LogP contribution in [-0.2, 0) is 6.54 Å². The summed E-state index contributed by atoms with van der Waals surface area (Å²) in [7, 11) is 1.66. The quantitative estimate of drug-likeness (QED) is 0.837. The Kier molecular flexibility index (Phi) is 3.41. The van der Waals surface area contributed by atoms with Crippen LogP contribution in [0, 0.1) is 12.7 Å². The minimum Gasteiger partial charge on any atom is -0.351 e. The van der Waals surface area contributed by atoms with E-state index < -0.39 is 0 Å². The van der Waals surface area contributed by atoms with Crippen molar-refractivity contribution in [3.63, 3.8) is 0 Å². The van der Waals surface area contributed by atoms with Gasteiger partial charge in [0.15, 0.2) is 0 Å². The lowest BCUT2D eigenvalue weighted by atomic mass is 10.2. The van der Waals surface area contributed by atoms with Crippen LogP contribution in [0.15, 0.2) is 34.9 Å². The molecule has 0 fully saturated rings. The van der Waals surface area contributed by atoms with Gasteiger partial charge >= 0.3 is 0 Å². The van der Waals surface area contributed by atoms with Gasteiger partial charge in [0.1, 0.15) is 5.82 Å². The van der Waals surface area contributed by atoms with Crippen molar-refractivity contribution < 1.29 is 13.7 Å². The number of amides is 1. The van der Waals surface area contributed by atoms with Crippen molar-refractivity contribution in [3.05, 3.63) is 53.2 Å². The van der Waals surface area contributed by atoms with E-state index >= 15 is 0 Å². The van der Waals surface area contributed by atoms with Crippen LogP contribution in [0.1, 0.15) is 21.8 Å². The molecular weight excluding hydrogens is 235 g/mol.